The van der Waals surface area contributed by atoms with Crippen LogP contribution in [0.1, 0.15) is 22.2 Å². The smallest absolute Gasteiger partial charge is 0.182 e. The van der Waals surface area contributed by atoms with Crippen LogP contribution in [0.15, 0.2) is 30.3 Å². The summed E-state index contributed by atoms with van der Waals surface area (Å²) in [4.78, 5) is 15.1. The molecule has 1 aromatic carbocycles. The Morgan fingerprint density at radius 1 is 1.33 bits per heavy atom. The lowest BCUT2D eigenvalue weighted by atomic mass is 10.0. The normalized spacial score (nSPS) is 12.7. The van der Waals surface area contributed by atoms with Gasteiger partial charge >= 0.3 is 0 Å². The van der Waals surface area contributed by atoms with Crippen LogP contribution in [0.2, 0.25) is 4.34 Å². The number of hydrogen-bond donors (Lipinski definition) is 0. The molecule has 0 bridgehead atoms. The van der Waals surface area contributed by atoms with Gasteiger partial charge in [0.2, 0.25) is 0 Å². The maximum atomic E-state index is 13.7. The average molecular weight is 330 g/mol. The van der Waals surface area contributed by atoms with E-state index in [0.717, 1.165) is 17.0 Å². The lowest BCUT2D eigenvalue weighted by Crippen LogP contribution is -2.35. The Kier molecular flexibility index (Phi) is 5.08. The van der Waals surface area contributed by atoms with Gasteiger partial charge in [-0.3, -0.25) is 9.69 Å². The first kappa shape index (κ1) is 16.1. The van der Waals surface area contributed by atoms with Crippen LogP contribution in [0.3, 0.4) is 0 Å². The van der Waals surface area contributed by atoms with Gasteiger partial charge in [0.1, 0.15) is 11.6 Å². The number of thiophene rings is 1. The number of Topliss-reactive ketones (excluding diaryl/α,β-unsaturated/α-hetero) is 1. The van der Waals surface area contributed by atoms with Gasteiger partial charge in [-0.1, -0.05) is 11.6 Å². The highest BCUT2D eigenvalue weighted by Gasteiger charge is 2.23. The van der Waals surface area contributed by atoms with Crippen LogP contribution in [-0.4, -0.2) is 23.8 Å². The molecule has 112 valence electrons. The first-order valence-corrected chi connectivity index (χ1v) is 7.51. The summed E-state index contributed by atoms with van der Waals surface area (Å²) in [5, 5.41) is 0. The van der Waals surface area contributed by atoms with E-state index in [4.69, 9.17) is 11.6 Å². The van der Waals surface area contributed by atoms with Gasteiger partial charge in [0.05, 0.1) is 15.9 Å². The van der Waals surface area contributed by atoms with E-state index >= 15 is 0 Å². The highest BCUT2D eigenvalue weighted by atomic mass is 35.5. The molecule has 1 aromatic heterocycles. The molecule has 6 heteroatoms. The van der Waals surface area contributed by atoms with Gasteiger partial charge < -0.3 is 0 Å². The summed E-state index contributed by atoms with van der Waals surface area (Å²) in [5.41, 5.74) is -0.0973. The Hall–Kier alpha value is -1.30. The first-order chi connectivity index (χ1) is 9.88. The van der Waals surface area contributed by atoms with Gasteiger partial charge in [-0.15, -0.1) is 11.3 Å². The van der Waals surface area contributed by atoms with E-state index in [1.54, 1.807) is 24.9 Å². The van der Waals surface area contributed by atoms with Crippen LogP contribution in [0.4, 0.5) is 8.78 Å². The van der Waals surface area contributed by atoms with Crippen molar-refractivity contribution in [1.29, 1.82) is 0 Å². The van der Waals surface area contributed by atoms with Gasteiger partial charge in [0.25, 0.3) is 0 Å². The summed E-state index contributed by atoms with van der Waals surface area (Å²) in [6.45, 7) is 2.23. The summed E-state index contributed by atoms with van der Waals surface area (Å²) < 4.78 is 27.2. The molecule has 0 saturated heterocycles. The van der Waals surface area contributed by atoms with E-state index in [1.165, 1.54) is 17.4 Å². The van der Waals surface area contributed by atoms with Crippen molar-refractivity contribution in [2.24, 2.45) is 0 Å². The Bertz CT molecular complexity index is 659. The number of ketones is 1. The van der Waals surface area contributed by atoms with Crippen molar-refractivity contribution in [2.75, 3.05) is 7.05 Å². The minimum atomic E-state index is -0.834. The fourth-order valence-electron chi connectivity index (χ4n) is 1.93. The second kappa shape index (κ2) is 6.64. The third-order valence-corrected chi connectivity index (χ3v) is 4.49. The zero-order valence-corrected chi connectivity index (χ0v) is 13.1. The molecule has 0 fully saturated rings. The maximum Gasteiger partial charge on any atom is 0.182 e. The van der Waals surface area contributed by atoms with Crippen molar-refractivity contribution in [1.82, 2.24) is 4.90 Å². The van der Waals surface area contributed by atoms with Crippen LogP contribution < -0.4 is 0 Å². The fourth-order valence-corrected chi connectivity index (χ4v) is 3.09. The number of likely N-dealkylation sites (N-methyl/N-ethyl adjacent to an activating group) is 1. The molecule has 0 saturated carbocycles. The number of halogens is 3. The van der Waals surface area contributed by atoms with Gasteiger partial charge in [0.15, 0.2) is 5.78 Å². The van der Waals surface area contributed by atoms with Crippen LogP contribution in [0, 0.1) is 11.6 Å². The van der Waals surface area contributed by atoms with Crippen LogP contribution >= 0.6 is 22.9 Å². The molecule has 1 heterocycles. The van der Waals surface area contributed by atoms with Crippen LogP contribution in [0.5, 0.6) is 0 Å². The lowest BCUT2D eigenvalue weighted by molar-refractivity contribution is 0.0859. The van der Waals surface area contributed by atoms with Gasteiger partial charge in [-0.05, 0) is 38.2 Å². The number of rotatable bonds is 5. The summed E-state index contributed by atoms with van der Waals surface area (Å²) in [7, 11) is 1.78. The predicted molar refractivity (Wildman–Crippen MR) is 80.9 cm³/mol. The van der Waals surface area contributed by atoms with E-state index in [9.17, 15) is 13.6 Å². The molecule has 1 atom stereocenters. The summed E-state index contributed by atoms with van der Waals surface area (Å²) >= 11 is 7.30. The Labute approximate surface area is 131 Å². The zero-order chi connectivity index (χ0) is 15.6. The van der Waals surface area contributed by atoms with Gasteiger partial charge in [-0.2, -0.15) is 0 Å². The molecule has 0 N–H and O–H groups in total. The monoisotopic (exact) mass is 329 g/mol. The molecular formula is C15H14ClF2NOS. The van der Waals surface area contributed by atoms with Crippen molar-refractivity contribution in [2.45, 2.75) is 19.5 Å². The molecule has 0 aliphatic carbocycles. The number of hydrogen-bond acceptors (Lipinski definition) is 3. The van der Waals surface area contributed by atoms with Gasteiger partial charge in [0, 0.05) is 17.5 Å². The molecule has 0 spiro atoms. The lowest BCUT2D eigenvalue weighted by Gasteiger charge is -2.23. The Morgan fingerprint density at radius 2 is 2.05 bits per heavy atom. The molecule has 2 aromatic rings. The maximum absolute atomic E-state index is 13.7. The standard InChI is InChI=1S/C15H14ClF2NOS/c1-9(19(2)8-11-4-6-14(16)21-11)15(20)12-5-3-10(17)7-13(12)18/h3-7,9H,8H2,1-2H3. The molecule has 2 nitrogen and oxygen atoms in total. The Morgan fingerprint density at radius 3 is 2.62 bits per heavy atom. The van der Waals surface area contributed by atoms with E-state index < -0.39 is 17.7 Å². The Balaban J connectivity index is 2.11. The predicted octanol–water partition coefficient (Wildman–Crippen LogP) is 4.38. The third-order valence-electron chi connectivity index (χ3n) is 3.27. The second-order valence-electron chi connectivity index (χ2n) is 4.79. The van der Waals surface area contributed by atoms with Crippen molar-refractivity contribution in [3.05, 3.63) is 56.7 Å². The molecule has 0 radical (unpaired) electrons. The molecular weight excluding hydrogens is 316 g/mol. The highest BCUT2D eigenvalue weighted by molar-refractivity contribution is 7.16. The van der Waals surface area contributed by atoms with E-state index in [-0.39, 0.29) is 11.3 Å². The summed E-state index contributed by atoms with van der Waals surface area (Å²) in [6.07, 6.45) is 0. The summed E-state index contributed by atoms with van der Waals surface area (Å²) in [5.74, 6) is -1.91. The molecule has 2 rings (SSSR count). The zero-order valence-electron chi connectivity index (χ0n) is 11.6. The van der Waals surface area contributed by atoms with Crippen LogP contribution in [0.25, 0.3) is 0 Å². The topological polar surface area (TPSA) is 20.3 Å². The molecule has 0 aliphatic rings. The fraction of sp³-hybridized carbons (Fsp3) is 0.267. The van der Waals surface area contributed by atoms with Crippen molar-refractivity contribution >= 4 is 28.7 Å². The van der Waals surface area contributed by atoms with Crippen LogP contribution in [-0.2, 0) is 6.54 Å². The molecule has 1 unspecified atom stereocenters. The minimum Gasteiger partial charge on any atom is -0.292 e. The molecule has 21 heavy (non-hydrogen) atoms. The average Bonchev–Trinajstić information content (AvgIpc) is 2.82. The van der Waals surface area contributed by atoms with E-state index in [2.05, 4.69) is 0 Å². The minimum absolute atomic E-state index is 0.0973. The van der Waals surface area contributed by atoms with Crippen molar-refractivity contribution < 1.29 is 13.6 Å². The molecule has 0 amide bonds. The van der Waals surface area contributed by atoms with Crippen molar-refractivity contribution in [3.63, 3.8) is 0 Å². The highest BCUT2D eigenvalue weighted by Crippen LogP contribution is 2.23. The SMILES string of the molecule is CC(C(=O)c1ccc(F)cc1F)N(C)Cc1ccc(Cl)s1. The number of nitrogens with zero attached hydrogens (tertiary/aromatic N) is 1. The largest absolute Gasteiger partial charge is 0.292 e. The van der Waals surface area contributed by atoms with Gasteiger partial charge in [-0.25, -0.2) is 8.78 Å². The first-order valence-electron chi connectivity index (χ1n) is 6.32. The number of carbonyl (C=O) groups is 1. The van der Waals surface area contributed by atoms with Crippen molar-refractivity contribution in [3.8, 4) is 0 Å². The number of carbonyl (C=O) groups excluding carboxylic acids is 1. The van der Waals surface area contributed by atoms with E-state index in [1.807, 2.05) is 6.07 Å². The van der Waals surface area contributed by atoms with E-state index in [0.29, 0.717) is 10.9 Å². The quantitative estimate of drug-likeness (QED) is 0.759. The summed E-state index contributed by atoms with van der Waals surface area (Å²) in [6, 6.07) is 6.15. The third kappa shape index (κ3) is 3.87. The number of benzene rings is 1. The molecule has 0 aliphatic heterocycles. The second-order valence-corrected chi connectivity index (χ2v) is 6.58.